The third-order valence-electron chi connectivity index (χ3n) is 4.00. The van der Waals surface area contributed by atoms with Gasteiger partial charge in [0, 0.05) is 32.2 Å². The fourth-order valence-corrected chi connectivity index (χ4v) is 3.04. The lowest BCUT2D eigenvalue weighted by Gasteiger charge is -2.36. The van der Waals surface area contributed by atoms with E-state index in [2.05, 4.69) is 36.2 Å². The van der Waals surface area contributed by atoms with E-state index < -0.39 is 0 Å². The van der Waals surface area contributed by atoms with Crippen molar-refractivity contribution in [3.63, 3.8) is 0 Å². The molecule has 1 N–H and O–H groups in total. The molecule has 1 atom stereocenters. The number of piperazine rings is 1. The van der Waals surface area contributed by atoms with Gasteiger partial charge in [0.25, 0.3) is 0 Å². The molecule has 1 aromatic carbocycles. The quantitative estimate of drug-likeness (QED) is 0.896. The lowest BCUT2D eigenvalue weighted by atomic mass is 9.98. The van der Waals surface area contributed by atoms with Gasteiger partial charge in [-0.1, -0.05) is 6.92 Å². The summed E-state index contributed by atoms with van der Waals surface area (Å²) >= 11 is 0. The van der Waals surface area contributed by atoms with E-state index in [0.29, 0.717) is 6.04 Å². The van der Waals surface area contributed by atoms with E-state index >= 15 is 0 Å². The molecule has 0 radical (unpaired) electrons. The summed E-state index contributed by atoms with van der Waals surface area (Å²) in [4.78, 5) is 2.52. The van der Waals surface area contributed by atoms with Gasteiger partial charge >= 0.3 is 0 Å². The Morgan fingerprint density at radius 3 is 2.15 bits per heavy atom. The van der Waals surface area contributed by atoms with Crippen LogP contribution >= 0.6 is 0 Å². The van der Waals surface area contributed by atoms with Crippen LogP contribution < -0.4 is 14.8 Å². The first-order chi connectivity index (χ1) is 9.71. The average molecular weight is 278 g/mol. The van der Waals surface area contributed by atoms with Crippen molar-refractivity contribution in [2.24, 2.45) is 0 Å². The Morgan fingerprint density at radius 1 is 1.15 bits per heavy atom. The SMILES string of the molecule is CC[C@H](c1c(OC)cc(C)cc1OC)N1CCNCC1. The minimum Gasteiger partial charge on any atom is -0.496 e. The van der Waals surface area contributed by atoms with Gasteiger partial charge < -0.3 is 14.8 Å². The maximum atomic E-state index is 5.62. The van der Waals surface area contributed by atoms with Gasteiger partial charge in [-0.15, -0.1) is 0 Å². The fraction of sp³-hybridized carbons (Fsp3) is 0.625. The zero-order valence-electron chi connectivity index (χ0n) is 13.0. The predicted octanol–water partition coefficient (Wildman–Crippen LogP) is 2.37. The molecule has 112 valence electrons. The van der Waals surface area contributed by atoms with E-state index in [0.717, 1.165) is 49.7 Å². The van der Waals surface area contributed by atoms with E-state index in [1.54, 1.807) is 14.2 Å². The lowest BCUT2D eigenvalue weighted by Crippen LogP contribution is -2.45. The molecule has 1 saturated heterocycles. The van der Waals surface area contributed by atoms with Crippen molar-refractivity contribution in [3.8, 4) is 11.5 Å². The average Bonchev–Trinajstić information content (AvgIpc) is 2.49. The van der Waals surface area contributed by atoms with E-state index in [1.165, 1.54) is 5.56 Å². The molecule has 20 heavy (non-hydrogen) atoms. The van der Waals surface area contributed by atoms with Crippen molar-refractivity contribution in [3.05, 3.63) is 23.3 Å². The minimum atomic E-state index is 0.350. The molecule has 1 aliphatic rings. The van der Waals surface area contributed by atoms with E-state index in [1.807, 2.05) is 0 Å². The van der Waals surface area contributed by atoms with Gasteiger partial charge in [-0.2, -0.15) is 0 Å². The number of nitrogens with one attached hydrogen (secondary N) is 1. The van der Waals surface area contributed by atoms with Crippen molar-refractivity contribution in [2.45, 2.75) is 26.3 Å². The van der Waals surface area contributed by atoms with Gasteiger partial charge in [0.15, 0.2) is 0 Å². The maximum absolute atomic E-state index is 5.62. The second-order valence-corrected chi connectivity index (χ2v) is 5.29. The number of methoxy groups -OCH3 is 2. The monoisotopic (exact) mass is 278 g/mol. The summed E-state index contributed by atoms with van der Waals surface area (Å²) in [7, 11) is 3.48. The third kappa shape index (κ3) is 3.07. The number of benzene rings is 1. The second kappa shape index (κ2) is 6.95. The molecular weight excluding hydrogens is 252 g/mol. The highest BCUT2D eigenvalue weighted by molar-refractivity contribution is 5.49. The van der Waals surface area contributed by atoms with Crippen molar-refractivity contribution < 1.29 is 9.47 Å². The smallest absolute Gasteiger partial charge is 0.127 e. The van der Waals surface area contributed by atoms with Crippen LogP contribution in [0.4, 0.5) is 0 Å². The number of nitrogens with zero attached hydrogens (tertiary/aromatic N) is 1. The molecule has 0 aliphatic carbocycles. The molecule has 1 aromatic rings. The number of hydrogen-bond donors (Lipinski definition) is 1. The highest BCUT2D eigenvalue weighted by atomic mass is 16.5. The summed E-state index contributed by atoms with van der Waals surface area (Å²) < 4.78 is 11.2. The normalized spacial score (nSPS) is 17.8. The molecule has 0 spiro atoms. The molecule has 0 amide bonds. The van der Waals surface area contributed by atoms with Crippen LogP contribution in [0.3, 0.4) is 0 Å². The Morgan fingerprint density at radius 2 is 1.70 bits per heavy atom. The van der Waals surface area contributed by atoms with Gasteiger partial charge in [0.05, 0.1) is 19.8 Å². The number of hydrogen-bond acceptors (Lipinski definition) is 4. The number of aryl methyl sites for hydroxylation is 1. The fourth-order valence-electron chi connectivity index (χ4n) is 3.04. The van der Waals surface area contributed by atoms with E-state index in [-0.39, 0.29) is 0 Å². The highest BCUT2D eigenvalue weighted by Gasteiger charge is 2.26. The standard InChI is InChI=1S/C16H26N2O2/c1-5-13(18-8-6-17-7-9-18)16-14(19-3)10-12(2)11-15(16)20-4/h10-11,13,17H,5-9H2,1-4H3/t13-/m1/s1. The van der Waals surface area contributed by atoms with Gasteiger partial charge in [-0.25, -0.2) is 0 Å². The van der Waals surface area contributed by atoms with Crippen molar-refractivity contribution in [1.29, 1.82) is 0 Å². The van der Waals surface area contributed by atoms with Crippen LogP contribution in [-0.4, -0.2) is 45.3 Å². The number of rotatable bonds is 5. The second-order valence-electron chi connectivity index (χ2n) is 5.29. The summed E-state index contributed by atoms with van der Waals surface area (Å²) in [6.07, 6.45) is 1.05. The Labute approximate surface area is 122 Å². The molecular formula is C16H26N2O2. The van der Waals surface area contributed by atoms with E-state index in [9.17, 15) is 0 Å². The summed E-state index contributed by atoms with van der Waals surface area (Å²) in [5.41, 5.74) is 2.35. The van der Waals surface area contributed by atoms with Gasteiger partial charge in [0.1, 0.15) is 11.5 Å². The van der Waals surface area contributed by atoms with Gasteiger partial charge in [-0.3, -0.25) is 4.90 Å². The van der Waals surface area contributed by atoms with Crippen LogP contribution in [0, 0.1) is 6.92 Å². The third-order valence-corrected chi connectivity index (χ3v) is 4.00. The van der Waals surface area contributed by atoms with Crippen LogP contribution in [-0.2, 0) is 0 Å². The Balaban J connectivity index is 2.41. The molecule has 0 aromatic heterocycles. The van der Waals surface area contributed by atoms with Crippen LogP contribution in [0.1, 0.15) is 30.5 Å². The van der Waals surface area contributed by atoms with Crippen molar-refractivity contribution in [1.82, 2.24) is 10.2 Å². The summed E-state index contributed by atoms with van der Waals surface area (Å²) in [5, 5.41) is 3.41. The first kappa shape index (κ1) is 15.1. The van der Waals surface area contributed by atoms with Crippen molar-refractivity contribution in [2.75, 3.05) is 40.4 Å². The molecule has 2 rings (SSSR count). The van der Waals surface area contributed by atoms with Crippen molar-refractivity contribution >= 4 is 0 Å². The van der Waals surface area contributed by atoms with Crippen LogP contribution in [0.25, 0.3) is 0 Å². The first-order valence-corrected chi connectivity index (χ1v) is 7.38. The zero-order valence-corrected chi connectivity index (χ0v) is 13.0. The topological polar surface area (TPSA) is 33.7 Å². The molecule has 0 bridgehead atoms. The molecule has 1 heterocycles. The molecule has 4 heteroatoms. The minimum absolute atomic E-state index is 0.350. The number of ether oxygens (including phenoxy) is 2. The Bertz CT molecular complexity index is 417. The van der Waals surface area contributed by atoms with Crippen LogP contribution in [0.5, 0.6) is 11.5 Å². The summed E-state index contributed by atoms with van der Waals surface area (Å²) in [5.74, 6) is 1.87. The Hall–Kier alpha value is -1.26. The molecule has 1 aliphatic heterocycles. The van der Waals surface area contributed by atoms with Gasteiger partial charge in [-0.05, 0) is 31.0 Å². The molecule has 4 nitrogen and oxygen atoms in total. The maximum Gasteiger partial charge on any atom is 0.127 e. The van der Waals surface area contributed by atoms with Gasteiger partial charge in [0.2, 0.25) is 0 Å². The van der Waals surface area contributed by atoms with Crippen LogP contribution in [0.15, 0.2) is 12.1 Å². The first-order valence-electron chi connectivity index (χ1n) is 7.38. The lowest BCUT2D eigenvalue weighted by molar-refractivity contribution is 0.163. The predicted molar refractivity (Wildman–Crippen MR) is 81.8 cm³/mol. The van der Waals surface area contributed by atoms with E-state index in [4.69, 9.17) is 9.47 Å². The largest absolute Gasteiger partial charge is 0.496 e. The molecule has 1 fully saturated rings. The summed E-state index contributed by atoms with van der Waals surface area (Å²) in [6.45, 7) is 8.53. The molecule has 0 unspecified atom stereocenters. The van der Waals surface area contributed by atoms with Crippen LogP contribution in [0.2, 0.25) is 0 Å². The Kier molecular flexibility index (Phi) is 5.26. The summed E-state index contributed by atoms with van der Waals surface area (Å²) in [6, 6.07) is 4.55. The highest BCUT2D eigenvalue weighted by Crippen LogP contribution is 2.39. The zero-order chi connectivity index (χ0) is 14.5. The molecule has 0 saturated carbocycles.